The normalized spacial score (nSPS) is 23.5. The van der Waals surface area contributed by atoms with Crippen molar-refractivity contribution in [2.75, 3.05) is 86.5 Å². The number of methoxy groups -OCH3 is 1. The summed E-state index contributed by atoms with van der Waals surface area (Å²) in [5, 5.41) is 29.8. The zero-order chi connectivity index (χ0) is 47.3. The van der Waals surface area contributed by atoms with Gasteiger partial charge in [0, 0.05) is 77.4 Å². The number of β-amino-alcohol motifs (C(OH)–C–C–N with tert-alkyl or cyclic N) is 1. The second kappa shape index (κ2) is 18.5. The van der Waals surface area contributed by atoms with Gasteiger partial charge in [-0.1, -0.05) is 18.9 Å². The highest BCUT2D eigenvalue weighted by molar-refractivity contribution is 6.25. The van der Waals surface area contributed by atoms with E-state index in [1.807, 2.05) is 9.80 Å². The number of hydrogen-bond acceptors (Lipinski definition) is 16. The van der Waals surface area contributed by atoms with E-state index in [1.165, 1.54) is 31.3 Å². The molecule has 19 nitrogen and oxygen atoms in total. The van der Waals surface area contributed by atoms with E-state index < -0.39 is 66.3 Å². The molecule has 3 unspecified atom stereocenters. The molecule has 3 atom stereocenters. The SMILES string of the molecule is COc1cc(C(=O)NC2CCN(C(O)CN3CCN(c4cccc5c4C(=O)N(C4CCC(=O)NC4=O)C5=O)CC3)CC2)c(F)cc1Nc1ncc2c(n1)N(C1CCCC1)CC(F)(F)C(O)N2C. The Hall–Kier alpha value is -6.10. The van der Waals surface area contributed by atoms with Gasteiger partial charge < -0.3 is 40.3 Å². The Labute approximate surface area is 384 Å². The number of piperazine rings is 1. The number of benzene rings is 2. The number of likely N-dealkylation sites (tertiary alicyclic amines) is 1. The fourth-order valence-corrected chi connectivity index (χ4v) is 10.2. The van der Waals surface area contributed by atoms with Crippen LogP contribution < -0.4 is 35.4 Å². The monoisotopic (exact) mass is 933 g/mol. The van der Waals surface area contributed by atoms with Gasteiger partial charge in [-0.05, 0) is 50.3 Å². The zero-order valence-corrected chi connectivity index (χ0v) is 37.2. The van der Waals surface area contributed by atoms with Crippen LogP contribution in [0.5, 0.6) is 5.75 Å². The number of hydrogen-bond donors (Lipinski definition) is 5. The third-order valence-electron chi connectivity index (χ3n) is 13.9. The minimum absolute atomic E-state index is 0.0194. The molecule has 1 aromatic heterocycles. The lowest BCUT2D eigenvalue weighted by atomic mass is 10.0. The number of nitrogens with one attached hydrogen (secondary N) is 3. The van der Waals surface area contributed by atoms with Gasteiger partial charge in [-0.25, -0.2) is 9.37 Å². The lowest BCUT2D eigenvalue weighted by Crippen LogP contribution is -2.54. The van der Waals surface area contributed by atoms with Crippen LogP contribution in [0.25, 0.3) is 0 Å². The molecule has 6 heterocycles. The van der Waals surface area contributed by atoms with Crippen LogP contribution in [0, 0.1) is 5.82 Å². The standard InChI is InChI=1S/C45H54F3N11O8/c1-54-33-22-49-44(53-38(33)58(26-6-3-4-7-26)24-45(47,48)43(54)66)51-30-21-29(46)28(20-34(30)67-2)39(62)50-25-12-14-57(15-13-25)36(61)23-55-16-18-56(19-17-55)31-9-5-8-27-37(31)42(65)59(41(27)64)32-10-11-35(60)52-40(32)63/h5,8-9,20-22,25-26,32,36,43,61,66H,3-4,6-7,10-19,23-24H2,1-2H3,(H,50,62)(H,49,51,53)(H,52,60,63). The van der Waals surface area contributed by atoms with Crippen LogP contribution in [-0.4, -0.2) is 167 Å². The summed E-state index contributed by atoms with van der Waals surface area (Å²) in [7, 11) is 2.71. The molecule has 9 rings (SSSR count). The number of piperidine rings is 2. The molecule has 0 spiro atoms. The van der Waals surface area contributed by atoms with Crippen LogP contribution >= 0.6 is 0 Å². The highest BCUT2D eigenvalue weighted by atomic mass is 19.3. The minimum Gasteiger partial charge on any atom is -0.495 e. The average molecular weight is 934 g/mol. The smallest absolute Gasteiger partial charge is 0.308 e. The lowest BCUT2D eigenvalue weighted by Gasteiger charge is -2.40. The summed E-state index contributed by atoms with van der Waals surface area (Å²) >= 11 is 0. The van der Waals surface area contributed by atoms with Gasteiger partial charge in [0.15, 0.2) is 12.0 Å². The highest BCUT2D eigenvalue weighted by Crippen LogP contribution is 2.42. The van der Waals surface area contributed by atoms with Crippen molar-refractivity contribution in [3.63, 3.8) is 0 Å². The first-order chi connectivity index (χ1) is 32.1. The topological polar surface area (TPSA) is 216 Å². The Bertz CT molecular complexity index is 2440. The van der Waals surface area contributed by atoms with Crippen LogP contribution in [0.1, 0.15) is 82.4 Å². The summed E-state index contributed by atoms with van der Waals surface area (Å²) in [4.78, 5) is 83.2. The number of carbonyl (C=O) groups is 5. The molecule has 5 N–H and O–H groups in total. The van der Waals surface area contributed by atoms with Gasteiger partial charge in [-0.2, -0.15) is 13.8 Å². The lowest BCUT2D eigenvalue weighted by molar-refractivity contribution is -0.136. The van der Waals surface area contributed by atoms with Crippen LogP contribution in [0.4, 0.5) is 42.0 Å². The second-order valence-corrected chi connectivity index (χ2v) is 18.1. The Balaban J connectivity index is 0.775. The third kappa shape index (κ3) is 8.94. The van der Waals surface area contributed by atoms with E-state index >= 15 is 13.2 Å². The summed E-state index contributed by atoms with van der Waals surface area (Å²) in [6, 6.07) is 5.85. The summed E-state index contributed by atoms with van der Waals surface area (Å²) in [6.45, 7) is 2.74. The highest BCUT2D eigenvalue weighted by Gasteiger charge is 2.49. The van der Waals surface area contributed by atoms with E-state index in [0.717, 1.165) is 28.7 Å². The average Bonchev–Trinajstić information content (AvgIpc) is 3.93. The molecule has 5 amide bonds. The number of imide groups is 2. The first kappa shape index (κ1) is 46.0. The molecule has 5 aliphatic heterocycles. The molecule has 22 heteroatoms. The van der Waals surface area contributed by atoms with Gasteiger partial charge >= 0.3 is 5.92 Å². The van der Waals surface area contributed by atoms with E-state index in [2.05, 4.69) is 30.8 Å². The number of nitrogens with zero attached hydrogens (tertiary/aromatic N) is 8. The Morgan fingerprint density at radius 1 is 0.985 bits per heavy atom. The van der Waals surface area contributed by atoms with E-state index in [9.17, 15) is 34.2 Å². The maximum atomic E-state index is 15.7. The third-order valence-corrected chi connectivity index (χ3v) is 13.9. The van der Waals surface area contributed by atoms with Crippen molar-refractivity contribution in [3.8, 4) is 5.75 Å². The molecule has 1 aliphatic carbocycles. The van der Waals surface area contributed by atoms with Gasteiger partial charge in [-0.3, -0.25) is 44.0 Å². The van der Waals surface area contributed by atoms with Crippen molar-refractivity contribution in [1.29, 1.82) is 0 Å². The van der Waals surface area contributed by atoms with Gasteiger partial charge in [-0.15, -0.1) is 0 Å². The number of aromatic nitrogens is 2. The number of rotatable bonds is 11. The number of anilines is 5. The van der Waals surface area contributed by atoms with Crippen molar-refractivity contribution in [2.24, 2.45) is 0 Å². The zero-order valence-electron chi connectivity index (χ0n) is 37.2. The first-order valence-electron chi connectivity index (χ1n) is 22.7. The molecule has 6 aliphatic rings. The van der Waals surface area contributed by atoms with E-state index in [-0.39, 0.29) is 70.5 Å². The molecule has 358 valence electrons. The predicted octanol–water partition coefficient (Wildman–Crippen LogP) is 2.26. The number of amides is 5. The Morgan fingerprint density at radius 2 is 1.72 bits per heavy atom. The van der Waals surface area contributed by atoms with Gasteiger partial charge in [0.25, 0.3) is 17.7 Å². The van der Waals surface area contributed by atoms with Crippen molar-refractivity contribution < 1.29 is 52.1 Å². The van der Waals surface area contributed by atoms with Crippen molar-refractivity contribution in [2.45, 2.75) is 87.9 Å². The maximum Gasteiger partial charge on any atom is 0.308 e. The van der Waals surface area contributed by atoms with E-state index in [1.54, 1.807) is 18.2 Å². The summed E-state index contributed by atoms with van der Waals surface area (Å²) < 4.78 is 51.6. The molecule has 1 saturated carbocycles. The number of ether oxygens (including phenoxy) is 1. The van der Waals surface area contributed by atoms with Crippen LogP contribution in [-0.2, 0) is 9.59 Å². The van der Waals surface area contributed by atoms with E-state index in [0.29, 0.717) is 77.2 Å². The van der Waals surface area contributed by atoms with Crippen LogP contribution in [0.3, 0.4) is 0 Å². The number of carbonyl (C=O) groups excluding carboxylic acids is 5. The van der Waals surface area contributed by atoms with Crippen LogP contribution in [0.2, 0.25) is 0 Å². The second-order valence-electron chi connectivity index (χ2n) is 18.1. The predicted molar refractivity (Wildman–Crippen MR) is 237 cm³/mol. The minimum atomic E-state index is -3.46. The number of halogens is 3. The summed E-state index contributed by atoms with van der Waals surface area (Å²) in [5.41, 5.74) is 1.13. The van der Waals surface area contributed by atoms with Crippen LogP contribution in [0.15, 0.2) is 36.5 Å². The fourth-order valence-electron chi connectivity index (χ4n) is 10.2. The molecule has 2 aromatic carbocycles. The molecule has 3 aromatic rings. The van der Waals surface area contributed by atoms with Gasteiger partial charge in [0.1, 0.15) is 29.5 Å². The number of fused-ring (bicyclic) bond motifs is 2. The summed E-state index contributed by atoms with van der Waals surface area (Å²) in [6.07, 6.45) is 2.71. The molecular formula is C45H54F3N11O8. The maximum absolute atomic E-state index is 15.7. The molecular weight excluding hydrogens is 880 g/mol. The quantitative estimate of drug-likeness (QED) is 0.174. The number of alkyl halides is 2. The van der Waals surface area contributed by atoms with Gasteiger partial charge in [0.05, 0.1) is 47.9 Å². The molecule has 67 heavy (non-hydrogen) atoms. The first-order valence-corrected chi connectivity index (χ1v) is 22.7. The molecule has 0 bridgehead atoms. The molecule has 4 fully saturated rings. The summed E-state index contributed by atoms with van der Waals surface area (Å²) in [5.74, 6) is -6.86. The van der Waals surface area contributed by atoms with Crippen molar-refractivity contribution >= 4 is 58.4 Å². The molecule has 3 saturated heterocycles. The van der Waals surface area contributed by atoms with Crippen molar-refractivity contribution in [1.82, 2.24) is 35.3 Å². The fraction of sp³-hybridized carbons (Fsp3) is 0.533. The van der Waals surface area contributed by atoms with E-state index in [4.69, 9.17) is 4.74 Å². The Kier molecular flexibility index (Phi) is 12.7. The van der Waals surface area contributed by atoms with Gasteiger partial charge in [0.2, 0.25) is 17.8 Å². The largest absolute Gasteiger partial charge is 0.495 e. The number of aliphatic hydroxyl groups excluding tert-OH is 2. The van der Waals surface area contributed by atoms with Crippen molar-refractivity contribution in [3.05, 3.63) is 59.0 Å². The Morgan fingerprint density at radius 3 is 2.42 bits per heavy atom. The number of aliphatic hydroxyl groups is 2. The molecule has 0 radical (unpaired) electrons.